The standard InChI is InChI=1S/C8H7NO3/c10-9(11)6-2-1-4-8-5-3-7-12-8/h1-7H/b4-1+,6-2+. The molecule has 0 fully saturated rings. The normalized spacial score (nSPS) is 11.3. The van der Waals surface area contributed by atoms with Crippen molar-refractivity contribution < 1.29 is 9.34 Å². The fraction of sp³-hybridized carbons (Fsp3) is 0. The van der Waals surface area contributed by atoms with E-state index in [1.54, 1.807) is 24.3 Å². The van der Waals surface area contributed by atoms with E-state index in [0.717, 1.165) is 6.20 Å². The first-order chi connectivity index (χ1) is 5.79. The fourth-order valence-corrected chi connectivity index (χ4v) is 0.656. The minimum Gasteiger partial charge on any atom is -0.465 e. The lowest BCUT2D eigenvalue weighted by atomic mass is 10.4. The highest BCUT2D eigenvalue weighted by Crippen LogP contribution is 2.01. The summed E-state index contributed by atoms with van der Waals surface area (Å²) < 4.78 is 4.95. The summed E-state index contributed by atoms with van der Waals surface area (Å²) in [5.41, 5.74) is 0. The molecule has 1 aromatic heterocycles. The Morgan fingerprint density at radius 2 is 2.33 bits per heavy atom. The van der Waals surface area contributed by atoms with Crippen molar-refractivity contribution in [2.24, 2.45) is 0 Å². The van der Waals surface area contributed by atoms with Gasteiger partial charge in [0.1, 0.15) is 5.76 Å². The minimum absolute atomic E-state index is 0.521. The Balaban J connectivity index is 2.47. The molecule has 1 heterocycles. The van der Waals surface area contributed by atoms with Crippen molar-refractivity contribution in [2.45, 2.75) is 0 Å². The lowest BCUT2D eigenvalue weighted by Gasteiger charge is -1.78. The zero-order valence-electron chi connectivity index (χ0n) is 6.21. The van der Waals surface area contributed by atoms with Crippen LogP contribution in [-0.4, -0.2) is 4.92 Å². The second-order valence-corrected chi connectivity index (χ2v) is 2.00. The number of nitro groups is 1. The summed E-state index contributed by atoms with van der Waals surface area (Å²) in [7, 11) is 0. The highest BCUT2D eigenvalue weighted by atomic mass is 16.6. The third kappa shape index (κ3) is 2.83. The average Bonchev–Trinajstić information content (AvgIpc) is 2.49. The van der Waals surface area contributed by atoms with Gasteiger partial charge in [0.25, 0.3) is 0 Å². The van der Waals surface area contributed by atoms with Gasteiger partial charge in [0, 0.05) is 6.08 Å². The highest BCUT2D eigenvalue weighted by molar-refractivity contribution is 5.44. The molecule has 0 aliphatic carbocycles. The highest BCUT2D eigenvalue weighted by Gasteiger charge is 1.85. The molecule has 0 atom stereocenters. The first kappa shape index (κ1) is 8.26. The van der Waals surface area contributed by atoms with Crippen molar-refractivity contribution in [3.8, 4) is 0 Å². The molecule has 62 valence electrons. The summed E-state index contributed by atoms with van der Waals surface area (Å²) >= 11 is 0. The zero-order valence-corrected chi connectivity index (χ0v) is 6.21. The molecule has 1 rings (SSSR count). The Kier molecular flexibility index (Phi) is 2.84. The first-order valence-corrected chi connectivity index (χ1v) is 3.31. The molecule has 4 nitrogen and oxygen atoms in total. The van der Waals surface area contributed by atoms with Crippen molar-refractivity contribution in [1.82, 2.24) is 0 Å². The van der Waals surface area contributed by atoms with Crippen LogP contribution in [0.15, 0.2) is 41.2 Å². The van der Waals surface area contributed by atoms with Gasteiger partial charge in [-0.05, 0) is 18.2 Å². The summed E-state index contributed by atoms with van der Waals surface area (Å²) in [6.45, 7) is 0. The van der Waals surface area contributed by atoms with Gasteiger partial charge in [-0.25, -0.2) is 0 Å². The predicted octanol–water partition coefficient (Wildman–Crippen LogP) is 2.08. The van der Waals surface area contributed by atoms with Crippen LogP contribution < -0.4 is 0 Å². The molecule has 0 aromatic carbocycles. The maximum absolute atomic E-state index is 9.82. The molecule has 0 radical (unpaired) electrons. The topological polar surface area (TPSA) is 56.3 Å². The third-order valence-corrected chi connectivity index (χ3v) is 1.12. The van der Waals surface area contributed by atoms with E-state index in [4.69, 9.17) is 4.42 Å². The second-order valence-electron chi connectivity index (χ2n) is 2.00. The molecule has 0 amide bonds. The molecule has 0 unspecified atom stereocenters. The number of hydrogen-bond donors (Lipinski definition) is 0. The SMILES string of the molecule is O=[N+]([O-])/C=C/C=C/c1ccco1. The van der Waals surface area contributed by atoms with E-state index in [9.17, 15) is 10.1 Å². The van der Waals surface area contributed by atoms with E-state index in [0.29, 0.717) is 5.76 Å². The molecule has 0 bridgehead atoms. The number of nitrogens with zero attached hydrogens (tertiary/aromatic N) is 1. The van der Waals surface area contributed by atoms with Crippen molar-refractivity contribution in [3.05, 3.63) is 52.6 Å². The molecule has 0 aliphatic heterocycles. The van der Waals surface area contributed by atoms with E-state index in [-0.39, 0.29) is 0 Å². The monoisotopic (exact) mass is 165 g/mol. The molecule has 0 spiro atoms. The van der Waals surface area contributed by atoms with Crippen LogP contribution in [0.3, 0.4) is 0 Å². The Hall–Kier alpha value is -1.84. The summed E-state index contributed by atoms with van der Waals surface area (Å²) in [5.74, 6) is 0.669. The van der Waals surface area contributed by atoms with Crippen LogP contribution in [0.5, 0.6) is 0 Å². The molecule has 12 heavy (non-hydrogen) atoms. The summed E-state index contributed by atoms with van der Waals surface area (Å²) in [6, 6.07) is 3.51. The minimum atomic E-state index is -0.521. The number of rotatable bonds is 3. The molecular formula is C8H7NO3. The number of furan rings is 1. The van der Waals surface area contributed by atoms with Gasteiger partial charge in [-0.3, -0.25) is 10.1 Å². The van der Waals surface area contributed by atoms with Crippen molar-refractivity contribution in [1.29, 1.82) is 0 Å². The van der Waals surface area contributed by atoms with Gasteiger partial charge in [0.05, 0.1) is 11.2 Å². The van der Waals surface area contributed by atoms with E-state index < -0.39 is 4.92 Å². The van der Waals surface area contributed by atoms with Crippen LogP contribution in [0.2, 0.25) is 0 Å². The smallest absolute Gasteiger partial charge is 0.234 e. The van der Waals surface area contributed by atoms with E-state index in [2.05, 4.69) is 0 Å². The Labute approximate surface area is 69.0 Å². The van der Waals surface area contributed by atoms with Crippen molar-refractivity contribution in [3.63, 3.8) is 0 Å². The van der Waals surface area contributed by atoms with Crippen LogP contribution in [0.25, 0.3) is 6.08 Å². The lowest BCUT2D eigenvalue weighted by Crippen LogP contribution is -1.80. The zero-order chi connectivity index (χ0) is 8.81. The van der Waals surface area contributed by atoms with E-state index >= 15 is 0 Å². The van der Waals surface area contributed by atoms with Gasteiger partial charge in [0.2, 0.25) is 6.20 Å². The van der Waals surface area contributed by atoms with Crippen LogP contribution in [0.1, 0.15) is 5.76 Å². The van der Waals surface area contributed by atoms with Crippen LogP contribution in [0, 0.1) is 10.1 Å². The number of allylic oxidation sites excluding steroid dienone is 2. The van der Waals surface area contributed by atoms with E-state index in [1.807, 2.05) is 0 Å². The molecule has 0 saturated heterocycles. The second kappa shape index (κ2) is 4.12. The van der Waals surface area contributed by atoms with E-state index in [1.165, 1.54) is 12.3 Å². The molecule has 1 aromatic rings. The predicted molar refractivity (Wildman–Crippen MR) is 43.9 cm³/mol. The Bertz CT molecular complexity index is 298. The first-order valence-electron chi connectivity index (χ1n) is 3.31. The maximum Gasteiger partial charge on any atom is 0.234 e. The molecule has 4 heteroatoms. The molecular weight excluding hydrogens is 158 g/mol. The largest absolute Gasteiger partial charge is 0.465 e. The van der Waals surface area contributed by atoms with Gasteiger partial charge in [-0.15, -0.1) is 0 Å². The van der Waals surface area contributed by atoms with Crippen LogP contribution in [0.4, 0.5) is 0 Å². The van der Waals surface area contributed by atoms with Crippen LogP contribution in [-0.2, 0) is 0 Å². The summed E-state index contributed by atoms with van der Waals surface area (Å²) in [6.07, 6.45) is 6.92. The summed E-state index contributed by atoms with van der Waals surface area (Å²) in [5, 5.41) is 9.82. The maximum atomic E-state index is 9.82. The molecule has 0 N–H and O–H groups in total. The van der Waals surface area contributed by atoms with Gasteiger partial charge in [-0.1, -0.05) is 6.08 Å². The van der Waals surface area contributed by atoms with Crippen molar-refractivity contribution >= 4 is 6.08 Å². The Morgan fingerprint density at radius 1 is 1.50 bits per heavy atom. The Morgan fingerprint density at radius 3 is 2.92 bits per heavy atom. The van der Waals surface area contributed by atoms with Crippen molar-refractivity contribution in [2.75, 3.05) is 0 Å². The van der Waals surface area contributed by atoms with Crippen LogP contribution >= 0.6 is 0 Å². The quantitative estimate of drug-likeness (QED) is 0.391. The van der Waals surface area contributed by atoms with Gasteiger partial charge >= 0.3 is 0 Å². The lowest BCUT2D eigenvalue weighted by molar-refractivity contribution is -0.402. The van der Waals surface area contributed by atoms with Gasteiger partial charge in [0.15, 0.2) is 0 Å². The number of hydrogen-bond acceptors (Lipinski definition) is 3. The average molecular weight is 165 g/mol. The molecule has 0 aliphatic rings. The third-order valence-electron chi connectivity index (χ3n) is 1.12. The van der Waals surface area contributed by atoms with Gasteiger partial charge < -0.3 is 4.42 Å². The summed E-state index contributed by atoms with van der Waals surface area (Å²) in [4.78, 5) is 9.30. The fourth-order valence-electron chi connectivity index (χ4n) is 0.656. The van der Waals surface area contributed by atoms with Gasteiger partial charge in [-0.2, -0.15) is 0 Å². The molecule has 0 saturated carbocycles.